The van der Waals surface area contributed by atoms with E-state index in [4.69, 9.17) is 9.97 Å². The molecule has 1 saturated heterocycles. The first-order valence-corrected chi connectivity index (χ1v) is 11.3. The molecular weight excluding hydrogens is 431 g/mol. The number of aromatic amines is 1. The average Bonchev–Trinajstić information content (AvgIpc) is 3.41. The lowest BCUT2D eigenvalue weighted by atomic mass is 10.1. The maximum atomic E-state index is 14.6. The van der Waals surface area contributed by atoms with Gasteiger partial charge in [-0.25, -0.2) is 14.4 Å². The van der Waals surface area contributed by atoms with Crippen molar-refractivity contribution < 1.29 is 4.39 Å². The van der Waals surface area contributed by atoms with Crippen LogP contribution in [0.5, 0.6) is 0 Å². The van der Waals surface area contributed by atoms with Crippen molar-refractivity contribution in [3.63, 3.8) is 0 Å². The molecule has 172 valence electrons. The van der Waals surface area contributed by atoms with Gasteiger partial charge in [-0.05, 0) is 38.2 Å². The van der Waals surface area contributed by atoms with Gasteiger partial charge in [-0.15, -0.1) is 0 Å². The molecule has 9 heteroatoms. The Morgan fingerprint density at radius 2 is 1.88 bits per heavy atom. The lowest BCUT2D eigenvalue weighted by molar-refractivity contribution is 0.312. The number of nitrogens with one attached hydrogen (secondary N) is 2. The molecule has 1 fully saturated rings. The first-order valence-electron chi connectivity index (χ1n) is 11.3. The number of aromatic nitrogens is 5. The fourth-order valence-corrected chi connectivity index (χ4v) is 4.44. The maximum Gasteiger partial charge on any atom is 0.157 e. The summed E-state index contributed by atoms with van der Waals surface area (Å²) < 4.78 is 16.6. The fourth-order valence-electron chi connectivity index (χ4n) is 4.44. The Labute approximate surface area is 196 Å². The zero-order valence-electron chi connectivity index (χ0n) is 19.1. The highest BCUT2D eigenvalue weighted by Gasteiger charge is 2.20. The topological polar surface area (TPSA) is 77.4 Å². The summed E-state index contributed by atoms with van der Waals surface area (Å²) in [5.41, 5.74) is 4.61. The number of piperazine rings is 1. The van der Waals surface area contributed by atoms with E-state index in [1.807, 2.05) is 35.7 Å². The number of rotatable bonds is 4. The predicted molar refractivity (Wildman–Crippen MR) is 132 cm³/mol. The van der Waals surface area contributed by atoms with Gasteiger partial charge < -0.3 is 15.1 Å². The van der Waals surface area contributed by atoms with Crippen LogP contribution in [0.3, 0.4) is 0 Å². The molecule has 0 saturated carbocycles. The molecule has 1 aliphatic rings. The highest BCUT2D eigenvalue weighted by atomic mass is 19.1. The molecule has 0 atom stereocenters. The van der Waals surface area contributed by atoms with Gasteiger partial charge in [-0.1, -0.05) is 18.2 Å². The fraction of sp³-hybridized carbons (Fsp3) is 0.240. The SMILES string of the molecule is Cc1[nH]nc2ccc(-c3nc4cnc(N5CCN(C)CC5)cn4c3Nc3ccccc3F)cc12. The number of fused-ring (bicyclic) bond motifs is 2. The Bertz CT molecular complexity index is 1500. The van der Waals surface area contributed by atoms with E-state index in [1.54, 1.807) is 18.3 Å². The standard InChI is InChI=1S/C25H25FN8/c1-16-18-13-17(7-8-20(18)31-30-16)24-25(28-21-6-4-3-5-19(21)26)34-15-23(27-14-22(34)29-24)33-11-9-32(2)10-12-33/h3-8,13-15,28H,9-12H2,1-2H3,(H,30,31). The lowest BCUT2D eigenvalue weighted by Gasteiger charge is -2.33. The van der Waals surface area contributed by atoms with E-state index in [0.29, 0.717) is 17.2 Å². The first kappa shape index (κ1) is 20.6. The number of hydrogen-bond acceptors (Lipinski definition) is 6. The van der Waals surface area contributed by atoms with Crippen molar-refractivity contribution in [3.8, 4) is 11.3 Å². The molecular formula is C25H25FN8. The number of nitrogens with zero attached hydrogens (tertiary/aromatic N) is 6. The number of benzene rings is 2. The number of aryl methyl sites for hydroxylation is 1. The van der Waals surface area contributed by atoms with Crippen molar-refractivity contribution in [2.75, 3.05) is 43.4 Å². The van der Waals surface area contributed by atoms with Crippen molar-refractivity contribution in [1.82, 2.24) is 29.5 Å². The van der Waals surface area contributed by atoms with Gasteiger partial charge in [-0.3, -0.25) is 9.50 Å². The van der Waals surface area contributed by atoms with Gasteiger partial charge in [0.05, 0.1) is 23.6 Å². The van der Waals surface area contributed by atoms with Crippen LogP contribution in [0.4, 0.5) is 21.7 Å². The summed E-state index contributed by atoms with van der Waals surface area (Å²) in [7, 11) is 2.13. The van der Waals surface area contributed by atoms with Gasteiger partial charge in [0.2, 0.25) is 0 Å². The number of imidazole rings is 1. The highest BCUT2D eigenvalue weighted by Crippen LogP contribution is 2.34. The van der Waals surface area contributed by atoms with E-state index in [9.17, 15) is 4.39 Å². The molecule has 4 heterocycles. The maximum absolute atomic E-state index is 14.6. The van der Waals surface area contributed by atoms with Crippen LogP contribution in [-0.4, -0.2) is 62.7 Å². The Kier molecular flexibility index (Phi) is 4.91. The molecule has 0 amide bonds. The van der Waals surface area contributed by atoms with Crippen LogP contribution in [0.2, 0.25) is 0 Å². The summed E-state index contributed by atoms with van der Waals surface area (Å²) >= 11 is 0. The second kappa shape index (κ2) is 8.11. The predicted octanol–water partition coefficient (Wildman–Crippen LogP) is 4.22. The number of para-hydroxylation sites is 1. The number of halogens is 1. The molecule has 2 N–H and O–H groups in total. The Morgan fingerprint density at radius 1 is 1.06 bits per heavy atom. The van der Waals surface area contributed by atoms with E-state index < -0.39 is 0 Å². The van der Waals surface area contributed by atoms with Crippen molar-refractivity contribution in [2.45, 2.75) is 6.92 Å². The molecule has 0 spiro atoms. The van der Waals surface area contributed by atoms with E-state index in [-0.39, 0.29) is 5.82 Å². The zero-order chi connectivity index (χ0) is 23.2. The smallest absolute Gasteiger partial charge is 0.157 e. The summed E-state index contributed by atoms with van der Waals surface area (Å²) in [6.45, 7) is 5.78. The minimum Gasteiger partial charge on any atom is -0.353 e. The molecule has 0 radical (unpaired) electrons. The summed E-state index contributed by atoms with van der Waals surface area (Å²) in [5, 5.41) is 11.7. The van der Waals surface area contributed by atoms with Crippen LogP contribution in [-0.2, 0) is 0 Å². The minimum absolute atomic E-state index is 0.321. The summed E-state index contributed by atoms with van der Waals surface area (Å²) in [6, 6.07) is 12.7. The molecule has 34 heavy (non-hydrogen) atoms. The second-order valence-electron chi connectivity index (χ2n) is 8.76. The molecule has 0 unspecified atom stereocenters. The molecule has 1 aliphatic heterocycles. The Balaban J connectivity index is 1.51. The molecule has 0 bridgehead atoms. The second-order valence-corrected chi connectivity index (χ2v) is 8.76. The Hall–Kier alpha value is -3.98. The quantitative estimate of drug-likeness (QED) is 0.422. The molecule has 2 aromatic carbocycles. The van der Waals surface area contributed by atoms with Crippen LogP contribution in [0.1, 0.15) is 5.69 Å². The first-order chi connectivity index (χ1) is 16.6. The molecule has 6 rings (SSSR count). The molecule has 8 nitrogen and oxygen atoms in total. The third-order valence-corrected chi connectivity index (χ3v) is 6.47. The molecule has 5 aromatic rings. The van der Waals surface area contributed by atoms with Gasteiger partial charge in [0.15, 0.2) is 5.65 Å². The lowest BCUT2D eigenvalue weighted by Crippen LogP contribution is -2.44. The molecule has 3 aromatic heterocycles. The van der Waals surface area contributed by atoms with Crippen molar-refractivity contribution in [1.29, 1.82) is 0 Å². The number of anilines is 3. The normalized spacial score (nSPS) is 14.9. The van der Waals surface area contributed by atoms with Crippen molar-refractivity contribution >= 4 is 33.9 Å². The highest BCUT2D eigenvalue weighted by molar-refractivity contribution is 5.89. The monoisotopic (exact) mass is 456 g/mol. The molecule has 0 aliphatic carbocycles. The van der Waals surface area contributed by atoms with Crippen LogP contribution in [0.25, 0.3) is 27.8 Å². The largest absolute Gasteiger partial charge is 0.353 e. The number of likely N-dealkylation sites (N-methyl/N-ethyl adjacent to an activating group) is 1. The summed E-state index contributed by atoms with van der Waals surface area (Å²) in [4.78, 5) is 14.2. The van der Waals surface area contributed by atoms with Crippen molar-refractivity contribution in [2.24, 2.45) is 0 Å². The zero-order valence-corrected chi connectivity index (χ0v) is 19.1. The Morgan fingerprint density at radius 3 is 2.71 bits per heavy atom. The van der Waals surface area contributed by atoms with E-state index in [1.165, 1.54) is 6.07 Å². The van der Waals surface area contributed by atoms with Crippen LogP contribution >= 0.6 is 0 Å². The van der Waals surface area contributed by atoms with Gasteiger partial charge in [0.25, 0.3) is 0 Å². The van der Waals surface area contributed by atoms with Gasteiger partial charge in [-0.2, -0.15) is 5.10 Å². The minimum atomic E-state index is -0.321. The van der Waals surface area contributed by atoms with E-state index >= 15 is 0 Å². The summed E-state index contributed by atoms with van der Waals surface area (Å²) in [6.07, 6.45) is 3.77. The number of hydrogen-bond donors (Lipinski definition) is 2. The van der Waals surface area contributed by atoms with E-state index in [0.717, 1.165) is 59.9 Å². The van der Waals surface area contributed by atoms with Crippen LogP contribution in [0, 0.1) is 12.7 Å². The van der Waals surface area contributed by atoms with Gasteiger partial charge >= 0.3 is 0 Å². The average molecular weight is 457 g/mol. The third-order valence-electron chi connectivity index (χ3n) is 6.47. The van der Waals surface area contributed by atoms with Crippen LogP contribution < -0.4 is 10.2 Å². The number of H-pyrrole nitrogens is 1. The van der Waals surface area contributed by atoms with Gasteiger partial charge in [0, 0.05) is 42.8 Å². The van der Waals surface area contributed by atoms with E-state index in [2.05, 4.69) is 38.4 Å². The summed E-state index contributed by atoms with van der Waals surface area (Å²) in [5.74, 6) is 1.25. The van der Waals surface area contributed by atoms with Gasteiger partial charge in [0.1, 0.15) is 23.1 Å². The van der Waals surface area contributed by atoms with Crippen molar-refractivity contribution in [3.05, 3.63) is 66.4 Å². The van der Waals surface area contributed by atoms with Crippen LogP contribution in [0.15, 0.2) is 54.9 Å². The third kappa shape index (κ3) is 3.54.